The third kappa shape index (κ3) is 2.68. The lowest BCUT2D eigenvalue weighted by Crippen LogP contribution is -2.56. The number of hydrogen-bond acceptors (Lipinski definition) is 5. The Balaban J connectivity index is 1.75. The van der Waals surface area contributed by atoms with E-state index in [-0.39, 0.29) is 6.04 Å². The van der Waals surface area contributed by atoms with Crippen LogP contribution in [-0.4, -0.2) is 47.0 Å². The molecule has 1 aromatic heterocycles. The van der Waals surface area contributed by atoms with E-state index >= 15 is 0 Å². The Morgan fingerprint density at radius 3 is 3.00 bits per heavy atom. The van der Waals surface area contributed by atoms with Crippen LogP contribution in [0.5, 0.6) is 5.75 Å². The molecule has 130 valence electrons. The number of methoxy groups -OCH3 is 1. The van der Waals surface area contributed by atoms with E-state index in [1.807, 2.05) is 24.3 Å². The van der Waals surface area contributed by atoms with Gasteiger partial charge in [0.15, 0.2) is 0 Å². The normalized spacial score (nSPS) is 28.9. The van der Waals surface area contributed by atoms with Crippen LogP contribution in [0.25, 0.3) is 10.9 Å². The maximum atomic E-state index is 9.86. The molecule has 5 rings (SSSR count). The monoisotopic (exact) mass is 337 g/mol. The molecule has 3 fully saturated rings. The maximum Gasteiger partial charge on any atom is 0.119 e. The fourth-order valence-electron chi connectivity index (χ4n) is 4.40. The van der Waals surface area contributed by atoms with Crippen molar-refractivity contribution in [1.82, 2.24) is 9.88 Å². The Bertz CT molecular complexity index is 833. The molecule has 0 amide bonds. The zero-order chi connectivity index (χ0) is 17.4. The van der Waals surface area contributed by atoms with Gasteiger partial charge in [-0.2, -0.15) is 0 Å². The van der Waals surface area contributed by atoms with Gasteiger partial charge in [0.05, 0.1) is 18.7 Å². The molecule has 1 aromatic carbocycles. The highest BCUT2D eigenvalue weighted by molar-refractivity contribution is 6.12. The topological polar surface area (TPSA) is 58.0 Å². The van der Waals surface area contributed by atoms with E-state index in [0.29, 0.717) is 11.8 Å². The summed E-state index contributed by atoms with van der Waals surface area (Å²) in [5.41, 5.74) is 2.53. The molecule has 0 saturated carbocycles. The van der Waals surface area contributed by atoms with Gasteiger partial charge in [-0.3, -0.25) is 9.88 Å². The SMILES string of the molecule is C=C[C@H]1CN2CC[C@H]1C[C@H]2/C(=N\O)c1ccnc2ccc(OC)cc12. The Hall–Kier alpha value is -2.40. The second-order valence-electron chi connectivity index (χ2n) is 6.92. The molecular formula is C20H23N3O2. The largest absolute Gasteiger partial charge is 0.497 e. The average molecular weight is 337 g/mol. The van der Waals surface area contributed by atoms with Crippen LogP contribution in [0, 0.1) is 11.8 Å². The van der Waals surface area contributed by atoms with Crippen LogP contribution < -0.4 is 4.74 Å². The molecule has 25 heavy (non-hydrogen) atoms. The number of hydrogen-bond donors (Lipinski definition) is 1. The number of benzene rings is 1. The highest BCUT2D eigenvalue weighted by Gasteiger charge is 2.41. The van der Waals surface area contributed by atoms with Crippen molar-refractivity contribution >= 4 is 16.6 Å². The first-order valence-electron chi connectivity index (χ1n) is 8.77. The summed E-state index contributed by atoms with van der Waals surface area (Å²) in [6.07, 6.45) is 6.05. The average Bonchev–Trinajstić information content (AvgIpc) is 2.68. The first-order chi connectivity index (χ1) is 12.2. The minimum atomic E-state index is 0.136. The predicted octanol–water partition coefficient (Wildman–Crippen LogP) is 3.32. The van der Waals surface area contributed by atoms with Gasteiger partial charge in [-0.15, -0.1) is 6.58 Å². The van der Waals surface area contributed by atoms with Crippen molar-refractivity contribution in [3.8, 4) is 5.75 Å². The van der Waals surface area contributed by atoms with E-state index < -0.39 is 0 Å². The van der Waals surface area contributed by atoms with Crippen LogP contribution >= 0.6 is 0 Å². The Labute approximate surface area is 147 Å². The third-order valence-electron chi connectivity index (χ3n) is 5.76. The second kappa shape index (κ2) is 6.48. The summed E-state index contributed by atoms with van der Waals surface area (Å²) in [4.78, 5) is 6.86. The summed E-state index contributed by atoms with van der Waals surface area (Å²) in [5, 5.41) is 14.6. The molecule has 1 N–H and O–H groups in total. The molecule has 5 heteroatoms. The summed E-state index contributed by atoms with van der Waals surface area (Å²) in [6.45, 7) is 6.02. The molecule has 0 spiro atoms. The van der Waals surface area contributed by atoms with Gasteiger partial charge in [-0.1, -0.05) is 11.2 Å². The fourth-order valence-corrected chi connectivity index (χ4v) is 4.40. The summed E-state index contributed by atoms with van der Waals surface area (Å²) in [6, 6.07) is 7.87. The van der Waals surface area contributed by atoms with Crippen molar-refractivity contribution in [3.63, 3.8) is 0 Å². The minimum absolute atomic E-state index is 0.136. The molecule has 5 nitrogen and oxygen atoms in total. The molecule has 4 heterocycles. The van der Waals surface area contributed by atoms with Crippen LogP contribution in [0.15, 0.2) is 48.3 Å². The van der Waals surface area contributed by atoms with Crippen molar-refractivity contribution < 1.29 is 9.94 Å². The Morgan fingerprint density at radius 1 is 1.44 bits per heavy atom. The van der Waals surface area contributed by atoms with Crippen molar-refractivity contribution in [2.45, 2.75) is 18.9 Å². The number of nitrogens with zero attached hydrogens (tertiary/aromatic N) is 3. The summed E-state index contributed by atoms with van der Waals surface area (Å²) >= 11 is 0. The predicted molar refractivity (Wildman–Crippen MR) is 98.4 cm³/mol. The van der Waals surface area contributed by atoms with E-state index in [9.17, 15) is 5.21 Å². The van der Waals surface area contributed by atoms with E-state index in [2.05, 4.69) is 27.7 Å². The number of piperidine rings is 3. The number of pyridine rings is 1. The van der Waals surface area contributed by atoms with Crippen LogP contribution in [-0.2, 0) is 0 Å². The number of ether oxygens (including phenoxy) is 1. The second-order valence-corrected chi connectivity index (χ2v) is 6.92. The van der Waals surface area contributed by atoms with Gasteiger partial charge in [-0.05, 0) is 55.5 Å². The fraction of sp³-hybridized carbons (Fsp3) is 0.400. The van der Waals surface area contributed by atoms with Crippen molar-refractivity contribution in [2.75, 3.05) is 20.2 Å². The summed E-state index contributed by atoms with van der Waals surface area (Å²) in [5.74, 6) is 1.93. The molecule has 3 aliphatic heterocycles. The third-order valence-corrected chi connectivity index (χ3v) is 5.76. The van der Waals surface area contributed by atoms with E-state index in [1.54, 1.807) is 13.3 Å². The van der Waals surface area contributed by atoms with Crippen LogP contribution in [0.4, 0.5) is 0 Å². The molecule has 3 saturated heterocycles. The van der Waals surface area contributed by atoms with Gasteiger partial charge in [0, 0.05) is 23.7 Å². The zero-order valence-corrected chi connectivity index (χ0v) is 14.4. The van der Waals surface area contributed by atoms with Gasteiger partial charge in [0.25, 0.3) is 0 Å². The van der Waals surface area contributed by atoms with Crippen LogP contribution in [0.2, 0.25) is 0 Å². The first kappa shape index (κ1) is 16.1. The van der Waals surface area contributed by atoms with Crippen LogP contribution in [0.1, 0.15) is 18.4 Å². The Kier molecular flexibility index (Phi) is 4.17. The highest BCUT2D eigenvalue weighted by atomic mass is 16.5. The van der Waals surface area contributed by atoms with Crippen molar-refractivity contribution in [2.24, 2.45) is 17.0 Å². The van der Waals surface area contributed by atoms with Crippen molar-refractivity contribution in [3.05, 3.63) is 48.7 Å². The lowest BCUT2D eigenvalue weighted by atomic mass is 9.74. The van der Waals surface area contributed by atoms with Gasteiger partial charge < -0.3 is 9.94 Å². The quantitative estimate of drug-likeness (QED) is 0.402. The lowest BCUT2D eigenvalue weighted by Gasteiger charge is -2.49. The molecule has 0 radical (unpaired) electrons. The standard InChI is InChI=1S/C20H23N3O2/c1-3-13-12-23-9-7-14(13)10-19(23)20(22-24)16-6-8-21-18-5-4-15(25-2)11-17(16)18/h3-6,8,11,13-14,19,24H,1,7,9-10,12H2,2H3/b22-20-/t13-,14-,19-/m0/s1. The molecule has 2 bridgehead atoms. The molecule has 3 aliphatic rings. The van der Waals surface area contributed by atoms with E-state index in [1.165, 1.54) is 6.42 Å². The van der Waals surface area contributed by atoms with Crippen LogP contribution in [0.3, 0.4) is 0 Å². The number of oxime groups is 1. The lowest BCUT2D eigenvalue weighted by molar-refractivity contribution is 0.0475. The van der Waals surface area contributed by atoms with Crippen molar-refractivity contribution in [1.29, 1.82) is 0 Å². The van der Waals surface area contributed by atoms with Gasteiger partial charge in [-0.25, -0.2) is 0 Å². The smallest absolute Gasteiger partial charge is 0.119 e. The number of fused-ring (bicyclic) bond motifs is 4. The summed E-state index contributed by atoms with van der Waals surface area (Å²) < 4.78 is 5.36. The molecular weight excluding hydrogens is 314 g/mol. The van der Waals surface area contributed by atoms with Gasteiger partial charge >= 0.3 is 0 Å². The zero-order valence-electron chi connectivity index (χ0n) is 14.4. The minimum Gasteiger partial charge on any atom is -0.497 e. The molecule has 0 aliphatic carbocycles. The number of aromatic nitrogens is 1. The Morgan fingerprint density at radius 2 is 2.32 bits per heavy atom. The van der Waals surface area contributed by atoms with E-state index in [4.69, 9.17) is 4.74 Å². The molecule has 2 aromatic rings. The first-order valence-corrected chi connectivity index (χ1v) is 8.77. The summed E-state index contributed by atoms with van der Waals surface area (Å²) in [7, 11) is 1.65. The van der Waals surface area contributed by atoms with Gasteiger partial charge in [0.1, 0.15) is 11.5 Å². The highest BCUT2D eigenvalue weighted by Crippen LogP contribution is 2.38. The molecule has 4 atom stereocenters. The maximum absolute atomic E-state index is 9.86. The number of rotatable bonds is 4. The van der Waals surface area contributed by atoms with Gasteiger partial charge in [0.2, 0.25) is 0 Å². The molecule has 1 unspecified atom stereocenters. The van der Waals surface area contributed by atoms with E-state index in [0.717, 1.165) is 47.4 Å².